The molecule has 0 aliphatic rings. The van der Waals surface area contributed by atoms with Gasteiger partial charge in [-0.15, -0.1) is 0 Å². The summed E-state index contributed by atoms with van der Waals surface area (Å²) in [7, 11) is 2.00. The molecule has 0 unspecified atom stereocenters. The minimum Gasteiger partial charge on any atom is -0.376 e. The maximum absolute atomic E-state index is 5.83. The lowest BCUT2D eigenvalue weighted by Crippen LogP contribution is -2.30. The van der Waals surface area contributed by atoms with Crippen LogP contribution in [0.15, 0.2) is 0 Å². The van der Waals surface area contributed by atoms with E-state index in [4.69, 9.17) is 4.74 Å². The summed E-state index contributed by atoms with van der Waals surface area (Å²) in [6.07, 6.45) is 2.18. The summed E-state index contributed by atoms with van der Waals surface area (Å²) < 4.78 is 5.83. The Morgan fingerprint density at radius 2 is 1.71 bits per heavy atom. The predicted molar refractivity (Wildman–Crippen MR) is 62.6 cm³/mol. The number of nitrogens with one attached hydrogen (secondary N) is 1. The first-order valence-corrected chi connectivity index (χ1v) is 5.61. The second-order valence-corrected chi connectivity index (χ2v) is 5.41. The molecule has 2 nitrogen and oxygen atoms in total. The number of rotatable bonds is 7. The van der Waals surface area contributed by atoms with Crippen molar-refractivity contribution in [2.75, 3.05) is 20.2 Å². The predicted octanol–water partition coefficient (Wildman–Crippen LogP) is 2.83. The van der Waals surface area contributed by atoms with Gasteiger partial charge in [0.1, 0.15) is 0 Å². The van der Waals surface area contributed by atoms with Crippen molar-refractivity contribution in [3.63, 3.8) is 0 Å². The third-order valence-corrected chi connectivity index (χ3v) is 2.78. The van der Waals surface area contributed by atoms with Crippen LogP contribution in [0.25, 0.3) is 0 Å². The molecule has 0 saturated heterocycles. The summed E-state index contributed by atoms with van der Waals surface area (Å²) in [5.74, 6) is 0. The Bertz CT molecular complexity index is 152. The Balaban J connectivity index is 3.73. The van der Waals surface area contributed by atoms with E-state index in [0.717, 1.165) is 26.0 Å². The molecule has 0 bridgehead atoms. The van der Waals surface area contributed by atoms with Gasteiger partial charge in [-0.05, 0) is 39.2 Å². The van der Waals surface area contributed by atoms with Gasteiger partial charge >= 0.3 is 0 Å². The van der Waals surface area contributed by atoms with Crippen LogP contribution in [0.2, 0.25) is 0 Å². The van der Waals surface area contributed by atoms with E-state index in [2.05, 4.69) is 39.9 Å². The first-order chi connectivity index (χ1) is 6.33. The van der Waals surface area contributed by atoms with Gasteiger partial charge in [0.15, 0.2) is 0 Å². The van der Waals surface area contributed by atoms with Crippen LogP contribution in [0, 0.1) is 5.41 Å². The highest BCUT2D eigenvalue weighted by Crippen LogP contribution is 2.21. The summed E-state index contributed by atoms with van der Waals surface area (Å²) in [6.45, 7) is 12.9. The molecular formula is C12H27NO. The summed E-state index contributed by atoms with van der Waals surface area (Å²) in [6, 6.07) is 0. The summed E-state index contributed by atoms with van der Waals surface area (Å²) >= 11 is 0. The van der Waals surface area contributed by atoms with Crippen molar-refractivity contribution in [3.8, 4) is 0 Å². The molecular weight excluding hydrogens is 174 g/mol. The van der Waals surface area contributed by atoms with E-state index < -0.39 is 0 Å². The molecule has 86 valence electrons. The third-order valence-electron chi connectivity index (χ3n) is 2.78. The summed E-state index contributed by atoms with van der Waals surface area (Å²) in [5.41, 5.74) is 0.369. The Morgan fingerprint density at radius 3 is 2.14 bits per heavy atom. The van der Waals surface area contributed by atoms with Crippen molar-refractivity contribution in [1.29, 1.82) is 0 Å². The van der Waals surface area contributed by atoms with E-state index in [9.17, 15) is 0 Å². The summed E-state index contributed by atoms with van der Waals surface area (Å²) in [4.78, 5) is 0. The Labute approximate surface area is 89.4 Å². The zero-order valence-corrected chi connectivity index (χ0v) is 10.7. The van der Waals surface area contributed by atoms with Crippen LogP contribution in [0.4, 0.5) is 0 Å². The molecule has 0 amide bonds. The van der Waals surface area contributed by atoms with Crippen LogP contribution in [-0.2, 0) is 4.74 Å². The molecule has 0 fully saturated rings. The number of ether oxygens (including phenoxy) is 1. The van der Waals surface area contributed by atoms with E-state index in [-0.39, 0.29) is 5.60 Å². The molecule has 14 heavy (non-hydrogen) atoms. The molecule has 0 saturated carbocycles. The van der Waals surface area contributed by atoms with Crippen LogP contribution in [-0.4, -0.2) is 25.8 Å². The van der Waals surface area contributed by atoms with Crippen molar-refractivity contribution >= 4 is 0 Å². The molecule has 0 aromatic carbocycles. The van der Waals surface area contributed by atoms with Crippen molar-refractivity contribution in [2.45, 2.75) is 53.1 Å². The highest BCUT2D eigenvalue weighted by Gasteiger charge is 2.20. The van der Waals surface area contributed by atoms with Gasteiger partial charge in [0.2, 0.25) is 0 Å². The van der Waals surface area contributed by atoms with Gasteiger partial charge in [-0.1, -0.05) is 20.8 Å². The minimum atomic E-state index is 0.0374. The van der Waals surface area contributed by atoms with Crippen LogP contribution >= 0.6 is 0 Å². The first kappa shape index (κ1) is 13.9. The second kappa shape index (κ2) is 5.72. The third kappa shape index (κ3) is 6.39. The standard InChI is InChI=1S/C12H27NO/c1-7-12(4,5)14-9-8-11(2,3)10-13-6/h13H,7-10H2,1-6H3. The average molecular weight is 201 g/mol. The van der Waals surface area contributed by atoms with Gasteiger partial charge in [-0.25, -0.2) is 0 Å². The fourth-order valence-corrected chi connectivity index (χ4v) is 1.27. The smallest absolute Gasteiger partial charge is 0.0623 e. The van der Waals surface area contributed by atoms with Crippen molar-refractivity contribution < 1.29 is 4.74 Å². The van der Waals surface area contributed by atoms with Crippen molar-refractivity contribution in [3.05, 3.63) is 0 Å². The molecule has 0 radical (unpaired) electrons. The van der Waals surface area contributed by atoms with Gasteiger partial charge < -0.3 is 10.1 Å². The van der Waals surface area contributed by atoms with Crippen LogP contribution in [0.3, 0.4) is 0 Å². The Hall–Kier alpha value is -0.0800. The second-order valence-electron chi connectivity index (χ2n) is 5.41. The molecule has 0 aliphatic carbocycles. The molecule has 0 rings (SSSR count). The van der Waals surface area contributed by atoms with Crippen molar-refractivity contribution in [2.24, 2.45) is 5.41 Å². The van der Waals surface area contributed by atoms with Crippen LogP contribution in [0.1, 0.15) is 47.5 Å². The zero-order chi connectivity index (χ0) is 11.2. The maximum atomic E-state index is 5.83. The zero-order valence-electron chi connectivity index (χ0n) is 10.7. The normalized spacial score (nSPS) is 13.3. The minimum absolute atomic E-state index is 0.0374. The van der Waals surface area contributed by atoms with Gasteiger partial charge in [-0.3, -0.25) is 0 Å². The largest absolute Gasteiger partial charge is 0.376 e. The molecule has 0 aromatic heterocycles. The SMILES string of the molecule is CCC(C)(C)OCCC(C)(C)CNC. The lowest BCUT2D eigenvalue weighted by atomic mass is 9.90. The fourth-order valence-electron chi connectivity index (χ4n) is 1.27. The molecule has 1 N–H and O–H groups in total. The van der Waals surface area contributed by atoms with E-state index in [1.807, 2.05) is 7.05 Å². The number of hydrogen-bond acceptors (Lipinski definition) is 2. The lowest BCUT2D eigenvalue weighted by Gasteiger charge is -2.28. The molecule has 0 aliphatic heterocycles. The van der Waals surface area contributed by atoms with E-state index in [1.165, 1.54) is 0 Å². The monoisotopic (exact) mass is 201 g/mol. The van der Waals surface area contributed by atoms with Gasteiger partial charge in [0.05, 0.1) is 5.60 Å². The van der Waals surface area contributed by atoms with E-state index in [1.54, 1.807) is 0 Å². The van der Waals surface area contributed by atoms with Gasteiger partial charge in [0, 0.05) is 13.2 Å². The van der Waals surface area contributed by atoms with E-state index >= 15 is 0 Å². The van der Waals surface area contributed by atoms with Crippen molar-refractivity contribution in [1.82, 2.24) is 5.32 Å². The maximum Gasteiger partial charge on any atom is 0.0623 e. The van der Waals surface area contributed by atoms with Crippen LogP contribution < -0.4 is 5.32 Å². The molecule has 0 spiro atoms. The topological polar surface area (TPSA) is 21.3 Å². The fraction of sp³-hybridized carbons (Fsp3) is 1.00. The van der Waals surface area contributed by atoms with Gasteiger partial charge in [-0.2, -0.15) is 0 Å². The van der Waals surface area contributed by atoms with Crippen LogP contribution in [0.5, 0.6) is 0 Å². The number of hydrogen-bond donors (Lipinski definition) is 1. The molecule has 0 heterocycles. The quantitative estimate of drug-likeness (QED) is 0.684. The average Bonchev–Trinajstić information content (AvgIpc) is 2.03. The highest BCUT2D eigenvalue weighted by molar-refractivity contribution is 4.72. The summed E-state index contributed by atoms with van der Waals surface area (Å²) in [5, 5.41) is 3.21. The molecule has 0 atom stereocenters. The molecule has 0 aromatic rings. The van der Waals surface area contributed by atoms with E-state index in [0.29, 0.717) is 5.41 Å². The Morgan fingerprint density at radius 1 is 1.14 bits per heavy atom. The molecule has 2 heteroatoms. The van der Waals surface area contributed by atoms with Gasteiger partial charge in [0.25, 0.3) is 0 Å². The lowest BCUT2D eigenvalue weighted by molar-refractivity contribution is -0.0309. The Kier molecular flexibility index (Phi) is 5.68. The first-order valence-electron chi connectivity index (χ1n) is 5.61. The highest BCUT2D eigenvalue weighted by atomic mass is 16.5.